The molecule has 1 atom stereocenters. The van der Waals surface area contributed by atoms with E-state index in [0.717, 1.165) is 22.5 Å². The molecule has 1 saturated heterocycles. The molecule has 0 radical (unpaired) electrons. The van der Waals surface area contributed by atoms with E-state index in [1.165, 1.54) is 0 Å². The lowest BCUT2D eigenvalue weighted by Crippen LogP contribution is -2.45. The van der Waals surface area contributed by atoms with E-state index in [1.807, 2.05) is 31.2 Å². The lowest BCUT2D eigenvalue weighted by molar-refractivity contribution is -0.126. The maximum atomic E-state index is 13.0. The summed E-state index contributed by atoms with van der Waals surface area (Å²) in [5.74, 6) is -0.0171. The summed E-state index contributed by atoms with van der Waals surface area (Å²) in [5.41, 5.74) is 2.69. The van der Waals surface area contributed by atoms with Gasteiger partial charge in [-0.3, -0.25) is 14.4 Å². The number of rotatable bonds is 6. The van der Waals surface area contributed by atoms with Crippen molar-refractivity contribution in [3.05, 3.63) is 63.6 Å². The molecule has 2 aromatic carbocycles. The number of fused-ring (bicyclic) bond motifs is 1. The first kappa shape index (κ1) is 23.7. The summed E-state index contributed by atoms with van der Waals surface area (Å²) in [6.45, 7) is 3.43. The number of aryl methyl sites for hydroxylation is 1. The molecule has 10 nitrogen and oxygen atoms in total. The van der Waals surface area contributed by atoms with Crippen LogP contribution in [0.1, 0.15) is 43.6 Å². The van der Waals surface area contributed by atoms with Crippen LogP contribution in [-0.2, 0) is 11.3 Å². The van der Waals surface area contributed by atoms with Gasteiger partial charge in [-0.2, -0.15) is 0 Å². The fraction of sp³-hybridized carbons (Fsp3) is 0.320. The smallest absolute Gasteiger partial charge is 0.286 e. The molecular weight excluding hydrogens is 482 g/mol. The number of anilines is 1. The van der Waals surface area contributed by atoms with Crippen molar-refractivity contribution >= 4 is 34.7 Å². The Labute approximate surface area is 211 Å². The number of amides is 3. The predicted octanol–water partition coefficient (Wildman–Crippen LogP) is 3.00. The molecule has 3 heterocycles. The number of carbonyl (C=O) groups is 3. The van der Waals surface area contributed by atoms with Gasteiger partial charge in [-0.05, 0) is 37.5 Å². The highest BCUT2D eigenvalue weighted by Gasteiger charge is 2.31. The Morgan fingerprint density at radius 1 is 1.08 bits per heavy atom. The van der Waals surface area contributed by atoms with Crippen molar-refractivity contribution in [1.82, 2.24) is 20.4 Å². The van der Waals surface area contributed by atoms with Gasteiger partial charge in [-0.25, -0.2) is 0 Å². The number of benzene rings is 2. The van der Waals surface area contributed by atoms with E-state index in [9.17, 15) is 14.4 Å². The van der Waals surface area contributed by atoms with Crippen LogP contribution < -0.4 is 20.1 Å². The second-order valence-electron chi connectivity index (χ2n) is 8.73. The summed E-state index contributed by atoms with van der Waals surface area (Å²) >= 11 is 0.924. The molecule has 1 fully saturated rings. The fourth-order valence-electron chi connectivity index (χ4n) is 4.23. The molecule has 11 heteroatoms. The van der Waals surface area contributed by atoms with Crippen molar-refractivity contribution in [2.24, 2.45) is 5.92 Å². The van der Waals surface area contributed by atoms with Crippen LogP contribution in [0.4, 0.5) is 5.69 Å². The minimum Gasteiger partial charge on any atom is -0.454 e. The van der Waals surface area contributed by atoms with Crippen molar-refractivity contribution in [2.75, 3.05) is 25.2 Å². The Hall–Kier alpha value is -3.99. The van der Waals surface area contributed by atoms with Crippen LogP contribution in [-0.4, -0.2) is 52.7 Å². The third-order valence-corrected chi connectivity index (χ3v) is 6.97. The first-order valence-electron chi connectivity index (χ1n) is 11.6. The molecule has 1 aromatic heterocycles. The number of nitrogens with zero attached hydrogens (tertiary/aromatic N) is 3. The molecule has 0 saturated carbocycles. The van der Waals surface area contributed by atoms with Crippen LogP contribution in [0.2, 0.25) is 0 Å². The largest absolute Gasteiger partial charge is 0.454 e. The van der Waals surface area contributed by atoms with Crippen molar-refractivity contribution in [3.8, 4) is 11.5 Å². The molecule has 2 aliphatic rings. The van der Waals surface area contributed by atoms with Crippen LogP contribution >= 0.6 is 11.3 Å². The second kappa shape index (κ2) is 10.3. The fourth-order valence-corrected chi connectivity index (χ4v) is 4.93. The Balaban J connectivity index is 1.17. The highest BCUT2D eigenvalue weighted by molar-refractivity contribution is 7.15. The third kappa shape index (κ3) is 5.30. The minimum absolute atomic E-state index is 0.0699. The average molecular weight is 508 g/mol. The summed E-state index contributed by atoms with van der Waals surface area (Å²) in [6.07, 6.45) is 1.42. The second-order valence-corrected chi connectivity index (χ2v) is 9.71. The zero-order valence-corrected chi connectivity index (χ0v) is 20.5. The molecule has 3 amide bonds. The SMILES string of the molecule is Cc1cccc(CNC(=O)[C@H]2CCCN(C(=O)c3nnc(C(=O)Nc4ccc5c(c4)OCO5)s3)C2)c1. The third-order valence-electron chi connectivity index (χ3n) is 6.06. The summed E-state index contributed by atoms with van der Waals surface area (Å²) < 4.78 is 10.6. The first-order chi connectivity index (χ1) is 17.5. The van der Waals surface area contributed by atoms with Crippen molar-refractivity contribution in [3.63, 3.8) is 0 Å². The molecule has 0 spiro atoms. The van der Waals surface area contributed by atoms with Gasteiger partial charge in [0.2, 0.25) is 22.7 Å². The maximum absolute atomic E-state index is 13.0. The highest BCUT2D eigenvalue weighted by atomic mass is 32.1. The first-order valence-corrected chi connectivity index (χ1v) is 12.4. The topological polar surface area (TPSA) is 123 Å². The number of hydrogen-bond donors (Lipinski definition) is 2. The molecule has 0 unspecified atom stereocenters. The van der Waals surface area contributed by atoms with Crippen LogP contribution in [0, 0.1) is 12.8 Å². The van der Waals surface area contributed by atoms with E-state index in [1.54, 1.807) is 23.1 Å². The van der Waals surface area contributed by atoms with E-state index < -0.39 is 5.91 Å². The lowest BCUT2D eigenvalue weighted by atomic mass is 9.97. The molecule has 36 heavy (non-hydrogen) atoms. The Morgan fingerprint density at radius 3 is 2.78 bits per heavy atom. The molecule has 5 rings (SSSR count). The number of piperidine rings is 1. The van der Waals surface area contributed by atoms with Crippen LogP contribution in [0.3, 0.4) is 0 Å². The summed E-state index contributed by atoms with van der Waals surface area (Å²) in [4.78, 5) is 40.0. The van der Waals surface area contributed by atoms with Gasteiger partial charge >= 0.3 is 0 Å². The van der Waals surface area contributed by atoms with E-state index in [2.05, 4.69) is 20.8 Å². The Bertz CT molecular complexity index is 1310. The van der Waals surface area contributed by atoms with Gasteiger partial charge in [0.1, 0.15) is 0 Å². The van der Waals surface area contributed by atoms with Gasteiger partial charge in [-0.15, -0.1) is 10.2 Å². The normalized spacial score (nSPS) is 16.5. The van der Waals surface area contributed by atoms with Crippen molar-refractivity contribution < 1.29 is 23.9 Å². The summed E-state index contributed by atoms with van der Waals surface area (Å²) in [7, 11) is 0. The standard InChI is InChI=1S/C25H25N5O5S/c1-15-4-2-5-16(10-15)12-26-21(31)17-6-3-9-30(13-17)25(33)24-29-28-23(36-24)22(32)27-18-7-8-19-20(11-18)35-14-34-19/h2,4-5,7-8,10-11,17H,3,6,9,12-14H2,1H3,(H,26,31)(H,27,32)/t17-/m0/s1. The molecule has 0 bridgehead atoms. The number of nitrogens with one attached hydrogen (secondary N) is 2. The number of hydrogen-bond acceptors (Lipinski definition) is 8. The number of carbonyl (C=O) groups excluding carboxylic acids is 3. The predicted molar refractivity (Wildman–Crippen MR) is 132 cm³/mol. The Morgan fingerprint density at radius 2 is 1.92 bits per heavy atom. The van der Waals surface area contributed by atoms with Gasteiger partial charge in [0.15, 0.2) is 11.5 Å². The molecule has 2 aliphatic heterocycles. The van der Waals surface area contributed by atoms with Gasteiger partial charge in [0, 0.05) is 31.4 Å². The lowest BCUT2D eigenvalue weighted by Gasteiger charge is -2.31. The number of ether oxygens (including phenoxy) is 2. The Kier molecular flexibility index (Phi) is 6.81. The molecular formula is C25H25N5O5S. The average Bonchev–Trinajstić information content (AvgIpc) is 3.57. The van der Waals surface area contributed by atoms with E-state index in [4.69, 9.17) is 9.47 Å². The van der Waals surface area contributed by atoms with Gasteiger partial charge < -0.3 is 25.0 Å². The molecule has 3 aromatic rings. The van der Waals surface area contributed by atoms with Gasteiger partial charge in [0.05, 0.1) is 5.92 Å². The number of aromatic nitrogens is 2. The van der Waals surface area contributed by atoms with Crippen LogP contribution in [0.5, 0.6) is 11.5 Å². The molecule has 186 valence electrons. The van der Waals surface area contributed by atoms with E-state index in [-0.39, 0.29) is 34.5 Å². The van der Waals surface area contributed by atoms with Crippen molar-refractivity contribution in [2.45, 2.75) is 26.3 Å². The van der Waals surface area contributed by atoms with Crippen LogP contribution in [0.25, 0.3) is 0 Å². The summed E-state index contributed by atoms with van der Waals surface area (Å²) in [5, 5.41) is 13.7. The van der Waals surface area contributed by atoms with Gasteiger partial charge in [-0.1, -0.05) is 41.2 Å². The monoisotopic (exact) mass is 507 g/mol. The summed E-state index contributed by atoms with van der Waals surface area (Å²) in [6, 6.07) is 13.0. The number of likely N-dealkylation sites (tertiary alicyclic amines) is 1. The quantitative estimate of drug-likeness (QED) is 0.526. The van der Waals surface area contributed by atoms with Gasteiger partial charge in [0.25, 0.3) is 11.8 Å². The minimum atomic E-state index is -0.475. The molecule has 0 aliphatic carbocycles. The molecule has 2 N–H and O–H groups in total. The van der Waals surface area contributed by atoms with E-state index in [0.29, 0.717) is 49.7 Å². The zero-order valence-electron chi connectivity index (χ0n) is 19.7. The highest BCUT2D eigenvalue weighted by Crippen LogP contribution is 2.34. The maximum Gasteiger partial charge on any atom is 0.286 e. The van der Waals surface area contributed by atoms with E-state index >= 15 is 0 Å². The van der Waals surface area contributed by atoms with Crippen LogP contribution in [0.15, 0.2) is 42.5 Å². The van der Waals surface area contributed by atoms with Crippen molar-refractivity contribution in [1.29, 1.82) is 0 Å². The zero-order chi connectivity index (χ0) is 25.1.